The minimum atomic E-state index is -0.572. The van der Waals surface area contributed by atoms with Crippen molar-refractivity contribution in [3.8, 4) is 0 Å². The van der Waals surface area contributed by atoms with Crippen molar-refractivity contribution >= 4 is 23.2 Å². The second-order valence-electron chi connectivity index (χ2n) is 5.62. The second-order valence-corrected chi connectivity index (χ2v) is 6.50. The molecule has 0 saturated carbocycles. The van der Waals surface area contributed by atoms with Crippen LogP contribution in [0.3, 0.4) is 0 Å². The predicted octanol–water partition coefficient (Wildman–Crippen LogP) is 2.65. The van der Waals surface area contributed by atoms with Crippen LogP contribution in [0.1, 0.15) is 43.3 Å². The van der Waals surface area contributed by atoms with E-state index in [2.05, 4.69) is 10.3 Å². The number of ketones is 1. The zero-order valence-electron chi connectivity index (χ0n) is 12.8. The number of nitrogens with one attached hydrogen (secondary N) is 1. The highest BCUT2D eigenvalue weighted by Crippen LogP contribution is 2.13. The van der Waals surface area contributed by atoms with Crippen LogP contribution in [0.4, 0.5) is 4.79 Å². The lowest BCUT2D eigenvalue weighted by molar-refractivity contribution is 0.0490. The molecule has 1 N–H and O–H groups in total. The molecule has 1 amide bonds. The van der Waals surface area contributed by atoms with Crippen LogP contribution in [0.5, 0.6) is 0 Å². The van der Waals surface area contributed by atoms with Crippen molar-refractivity contribution in [2.45, 2.75) is 45.3 Å². The maximum atomic E-state index is 12.1. The summed E-state index contributed by atoms with van der Waals surface area (Å²) in [5.41, 5.74) is 1.04. The molecule has 0 aliphatic carbocycles. The van der Waals surface area contributed by atoms with Crippen LogP contribution < -0.4 is 5.32 Å². The Labute approximate surface area is 128 Å². The van der Waals surface area contributed by atoms with Gasteiger partial charge in [-0.3, -0.25) is 9.78 Å². The Kier molecular flexibility index (Phi) is 6.77. The van der Waals surface area contributed by atoms with Gasteiger partial charge < -0.3 is 14.8 Å². The molecule has 118 valence electrons. The fourth-order valence-electron chi connectivity index (χ4n) is 1.64. The fraction of sp³-hybridized carbons (Fsp3) is 0.643. The number of carbonyl (C=O) groups is 2. The lowest BCUT2D eigenvalue weighted by Crippen LogP contribution is -2.40. The maximum Gasteiger partial charge on any atom is 0.407 e. The van der Waals surface area contributed by atoms with Gasteiger partial charge in [0.1, 0.15) is 5.60 Å². The Bertz CT molecular complexity index is 454. The average molecular weight is 314 g/mol. The Hall–Kier alpha value is -1.47. The van der Waals surface area contributed by atoms with Crippen molar-refractivity contribution in [1.82, 2.24) is 10.3 Å². The fourth-order valence-corrected chi connectivity index (χ4v) is 2.21. The number of rotatable bonds is 7. The van der Waals surface area contributed by atoms with E-state index < -0.39 is 11.7 Å². The van der Waals surface area contributed by atoms with E-state index in [9.17, 15) is 9.59 Å². The minimum absolute atomic E-state index is 0.0466. The molecule has 0 aliphatic heterocycles. The molecule has 0 bridgehead atoms. The van der Waals surface area contributed by atoms with E-state index >= 15 is 0 Å². The van der Waals surface area contributed by atoms with Gasteiger partial charge in [-0.2, -0.15) is 0 Å². The van der Waals surface area contributed by atoms with Gasteiger partial charge in [-0.15, -0.1) is 11.3 Å². The van der Waals surface area contributed by atoms with E-state index in [1.54, 1.807) is 33.4 Å². The summed E-state index contributed by atoms with van der Waals surface area (Å²) >= 11 is 1.29. The van der Waals surface area contributed by atoms with E-state index in [0.717, 1.165) is 0 Å². The summed E-state index contributed by atoms with van der Waals surface area (Å²) in [6.07, 6.45) is 1.75. The summed E-state index contributed by atoms with van der Waals surface area (Å²) in [6, 6.07) is -0.325. The number of thiazole rings is 1. The number of hydrogen-bond acceptors (Lipinski definition) is 6. The van der Waals surface area contributed by atoms with Crippen molar-refractivity contribution in [2.24, 2.45) is 0 Å². The summed E-state index contributed by atoms with van der Waals surface area (Å²) in [7, 11) is 1.58. The number of hydrogen-bond donors (Lipinski definition) is 1. The van der Waals surface area contributed by atoms with E-state index in [4.69, 9.17) is 9.47 Å². The first-order valence-corrected chi connectivity index (χ1v) is 7.60. The van der Waals surface area contributed by atoms with Crippen LogP contribution in [-0.2, 0) is 9.47 Å². The van der Waals surface area contributed by atoms with Gasteiger partial charge in [-0.05, 0) is 27.2 Å². The molecule has 0 saturated heterocycles. The summed E-state index contributed by atoms with van der Waals surface area (Å²) in [5, 5.41) is 2.72. The largest absolute Gasteiger partial charge is 0.444 e. The third-order valence-electron chi connectivity index (χ3n) is 2.53. The van der Waals surface area contributed by atoms with Gasteiger partial charge in [-0.25, -0.2) is 4.79 Å². The summed E-state index contributed by atoms with van der Waals surface area (Å²) < 4.78 is 10.2. The molecule has 0 radical (unpaired) electrons. The molecule has 21 heavy (non-hydrogen) atoms. The lowest BCUT2D eigenvalue weighted by Gasteiger charge is -2.23. The third-order valence-corrected chi connectivity index (χ3v) is 3.34. The van der Waals surface area contributed by atoms with Crippen LogP contribution in [0.25, 0.3) is 0 Å². The van der Waals surface area contributed by atoms with Crippen molar-refractivity contribution in [3.63, 3.8) is 0 Å². The zero-order valence-corrected chi connectivity index (χ0v) is 13.7. The Balaban J connectivity index is 2.58. The Morgan fingerprint density at radius 3 is 2.67 bits per heavy atom. The van der Waals surface area contributed by atoms with Crippen LogP contribution in [0.2, 0.25) is 0 Å². The normalized spacial score (nSPS) is 12.8. The smallest absolute Gasteiger partial charge is 0.407 e. The summed E-state index contributed by atoms with van der Waals surface area (Å²) in [6.45, 7) is 5.83. The molecule has 0 fully saturated rings. The van der Waals surface area contributed by atoms with Crippen LogP contribution in [0.15, 0.2) is 11.7 Å². The SMILES string of the molecule is COCCC(CC(=O)c1cncs1)NC(=O)OC(C)(C)C. The number of ether oxygens (including phenoxy) is 2. The van der Waals surface area contributed by atoms with Crippen LogP contribution in [-0.4, -0.2) is 42.2 Å². The molecule has 1 aromatic rings. The highest BCUT2D eigenvalue weighted by molar-refractivity contribution is 7.11. The Morgan fingerprint density at radius 2 is 2.14 bits per heavy atom. The average Bonchev–Trinajstić information content (AvgIpc) is 2.87. The van der Waals surface area contributed by atoms with Gasteiger partial charge >= 0.3 is 6.09 Å². The molecule has 0 aliphatic rings. The Morgan fingerprint density at radius 1 is 1.43 bits per heavy atom. The molecule has 0 aromatic carbocycles. The van der Waals surface area contributed by atoms with Crippen LogP contribution in [0, 0.1) is 0 Å². The predicted molar refractivity (Wildman–Crippen MR) is 80.7 cm³/mol. The van der Waals surface area contributed by atoms with Crippen LogP contribution >= 0.6 is 11.3 Å². The second kappa shape index (κ2) is 8.09. The van der Waals surface area contributed by atoms with Crippen molar-refractivity contribution in [3.05, 3.63) is 16.6 Å². The molecule has 1 rings (SSSR count). The molecule has 1 heterocycles. The standard InChI is InChI=1S/C14H22N2O4S/c1-14(2,3)20-13(18)16-10(5-6-19-4)7-11(17)12-8-15-9-21-12/h8-10H,5-7H2,1-4H3,(H,16,18). The number of methoxy groups -OCH3 is 1. The topological polar surface area (TPSA) is 77.5 Å². The number of amides is 1. The molecule has 1 unspecified atom stereocenters. The van der Waals surface area contributed by atoms with Gasteiger partial charge in [0.15, 0.2) is 5.78 Å². The number of Topliss-reactive ketones (excluding diaryl/α,β-unsaturated/α-hetero) is 1. The molecule has 7 heteroatoms. The van der Waals surface area contributed by atoms with Crippen molar-refractivity contribution in [1.29, 1.82) is 0 Å². The van der Waals surface area contributed by atoms with Crippen molar-refractivity contribution < 1.29 is 19.1 Å². The molecule has 6 nitrogen and oxygen atoms in total. The van der Waals surface area contributed by atoms with Gasteiger partial charge in [0.05, 0.1) is 10.4 Å². The molecule has 0 spiro atoms. The van der Waals surface area contributed by atoms with Gasteiger partial charge in [0.2, 0.25) is 0 Å². The first-order valence-electron chi connectivity index (χ1n) is 6.72. The van der Waals surface area contributed by atoms with Gasteiger partial charge in [-0.1, -0.05) is 0 Å². The zero-order chi connectivity index (χ0) is 15.9. The highest BCUT2D eigenvalue weighted by atomic mass is 32.1. The number of alkyl carbamates (subject to hydrolysis) is 1. The molecule has 1 aromatic heterocycles. The number of aromatic nitrogens is 1. The minimum Gasteiger partial charge on any atom is -0.444 e. The van der Waals surface area contributed by atoms with E-state index in [-0.39, 0.29) is 18.2 Å². The number of carbonyl (C=O) groups excluding carboxylic acids is 2. The monoisotopic (exact) mass is 314 g/mol. The lowest BCUT2D eigenvalue weighted by atomic mass is 10.1. The highest BCUT2D eigenvalue weighted by Gasteiger charge is 2.22. The maximum absolute atomic E-state index is 12.1. The first-order chi connectivity index (χ1) is 9.81. The molecular formula is C14H22N2O4S. The summed E-state index contributed by atoms with van der Waals surface area (Å²) in [5.74, 6) is -0.0466. The quantitative estimate of drug-likeness (QED) is 0.783. The summed E-state index contributed by atoms with van der Waals surface area (Å²) in [4.78, 5) is 28.4. The van der Waals surface area contributed by atoms with E-state index in [1.807, 2.05) is 0 Å². The number of nitrogens with zero attached hydrogens (tertiary/aromatic N) is 1. The third kappa shape index (κ3) is 7.19. The molecular weight excluding hydrogens is 292 g/mol. The van der Waals surface area contributed by atoms with Gasteiger partial charge in [0.25, 0.3) is 0 Å². The van der Waals surface area contributed by atoms with Gasteiger partial charge in [0, 0.05) is 32.4 Å². The van der Waals surface area contributed by atoms with E-state index in [1.165, 1.54) is 17.5 Å². The molecule has 1 atom stereocenters. The van der Waals surface area contributed by atoms with E-state index in [0.29, 0.717) is 17.9 Å². The first kappa shape index (κ1) is 17.6. The van der Waals surface area contributed by atoms with Crippen molar-refractivity contribution in [2.75, 3.05) is 13.7 Å².